The molecule has 0 radical (unpaired) electrons. The second-order valence-electron chi connectivity index (χ2n) is 7.08. The van der Waals surface area contributed by atoms with Crippen LogP contribution < -0.4 is 5.32 Å². The summed E-state index contributed by atoms with van der Waals surface area (Å²) in [7, 11) is 1.96. The molecule has 1 saturated heterocycles. The minimum atomic E-state index is 0.592. The van der Waals surface area contributed by atoms with E-state index in [2.05, 4.69) is 37.6 Å². The summed E-state index contributed by atoms with van der Waals surface area (Å²) >= 11 is 0. The number of nitrogens with zero attached hydrogens (tertiary/aromatic N) is 1. The van der Waals surface area contributed by atoms with Crippen LogP contribution in [-0.2, 0) is 0 Å². The third kappa shape index (κ3) is 9.18. The first-order valence-corrected chi connectivity index (χ1v) is 9.03. The van der Waals surface area contributed by atoms with E-state index in [1.165, 1.54) is 51.6 Å². The molecule has 1 rings (SSSR count). The lowest BCUT2D eigenvalue weighted by molar-refractivity contribution is 0.113. The summed E-state index contributed by atoms with van der Waals surface area (Å²) in [5.74, 6) is 0.863. The maximum absolute atomic E-state index is 4.03. The summed E-state index contributed by atoms with van der Waals surface area (Å²) in [4.78, 5) is 2.54. The van der Waals surface area contributed by atoms with Crippen molar-refractivity contribution in [2.24, 2.45) is 11.3 Å². The second-order valence-corrected chi connectivity index (χ2v) is 7.08. The van der Waals surface area contributed by atoms with Gasteiger partial charge >= 0.3 is 0 Å². The molecule has 2 nitrogen and oxygen atoms in total. The lowest BCUT2D eigenvalue weighted by Gasteiger charge is -2.40. The summed E-state index contributed by atoms with van der Waals surface area (Å²) in [5, 5.41) is 3.15. The van der Waals surface area contributed by atoms with Crippen LogP contribution in [0, 0.1) is 11.3 Å². The fourth-order valence-electron chi connectivity index (χ4n) is 2.95. The summed E-state index contributed by atoms with van der Waals surface area (Å²) in [6, 6.07) is 0. The molecule has 0 unspecified atom stereocenters. The van der Waals surface area contributed by atoms with E-state index >= 15 is 0 Å². The predicted octanol–water partition coefficient (Wildman–Crippen LogP) is 5.06. The number of likely N-dealkylation sites (N-methyl/N-ethyl adjacent to an activating group) is 1. The van der Waals surface area contributed by atoms with Crippen molar-refractivity contribution in [1.82, 2.24) is 10.2 Å². The van der Waals surface area contributed by atoms with Crippen LogP contribution in [0.3, 0.4) is 0 Å². The number of hydrogen-bond acceptors (Lipinski definition) is 2. The highest BCUT2D eigenvalue weighted by atomic mass is 15.1. The van der Waals surface area contributed by atoms with Crippen LogP contribution in [0.4, 0.5) is 0 Å². The second kappa shape index (κ2) is 11.1. The molecule has 0 bridgehead atoms. The molecular formula is C19H40N2. The molecule has 0 saturated carbocycles. The Morgan fingerprint density at radius 1 is 1.19 bits per heavy atom. The highest BCUT2D eigenvalue weighted by molar-refractivity contribution is 4.95. The molecule has 0 aromatic carbocycles. The van der Waals surface area contributed by atoms with E-state index in [9.17, 15) is 0 Å². The Morgan fingerprint density at radius 3 is 2.24 bits per heavy atom. The maximum Gasteiger partial charge on any atom is 0.0375 e. The Balaban J connectivity index is 0.00000191. The van der Waals surface area contributed by atoms with Crippen molar-refractivity contribution in [3.05, 3.63) is 12.3 Å². The smallest absolute Gasteiger partial charge is 0.0375 e. The first-order chi connectivity index (χ1) is 9.95. The fraction of sp³-hybridized carbons (Fsp3) is 0.895. The van der Waals surface area contributed by atoms with Gasteiger partial charge < -0.3 is 5.32 Å². The lowest BCUT2D eigenvalue weighted by atomic mass is 9.76. The van der Waals surface area contributed by atoms with Crippen LogP contribution in [-0.4, -0.2) is 31.6 Å². The van der Waals surface area contributed by atoms with Gasteiger partial charge in [0.1, 0.15) is 0 Å². The van der Waals surface area contributed by atoms with Crippen LogP contribution >= 0.6 is 0 Å². The van der Waals surface area contributed by atoms with Crippen molar-refractivity contribution in [1.29, 1.82) is 0 Å². The fourth-order valence-corrected chi connectivity index (χ4v) is 2.95. The van der Waals surface area contributed by atoms with E-state index in [0.29, 0.717) is 5.41 Å². The number of likely N-dealkylation sites (tertiary alicyclic amines) is 1. The van der Waals surface area contributed by atoms with Crippen molar-refractivity contribution < 1.29 is 0 Å². The van der Waals surface area contributed by atoms with Crippen molar-refractivity contribution in [2.75, 3.05) is 26.7 Å². The van der Waals surface area contributed by atoms with E-state index in [-0.39, 0.29) is 0 Å². The normalized spacial score (nSPS) is 18.0. The van der Waals surface area contributed by atoms with Crippen molar-refractivity contribution in [3.8, 4) is 0 Å². The highest BCUT2D eigenvalue weighted by Crippen LogP contribution is 2.36. The summed E-state index contributed by atoms with van der Waals surface area (Å²) in [6.07, 6.45) is 8.34. The number of piperidine rings is 1. The van der Waals surface area contributed by atoms with Gasteiger partial charge in [0.25, 0.3) is 0 Å². The van der Waals surface area contributed by atoms with Crippen LogP contribution in [0.1, 0.15) is 73.1 Å². The van der Waals surface area contributed by atoms with E-state index in [4.69, 9.17) is 0 Å². The van der Waals surface area contributed by atoms with Crippen molar-refractivity contribution >= 4 is 0 Å². The standard InChI is InChI=1S/C17H34N2.C2H6/c1-15(2)8-6-7-9-17(4)10-12-19(13-11-17)14-16(3)18-5;1-2/h15,18H,3,6-14H2,1-2,4-5H3;1-2H3. The Labute approximate surface area is 134 Å². The van der Waals surface area contributed by atoms with Crippen molar-refractivity contribution in [2.45, 2.75) is 73.1 Å². The molecule has 0 atom stereocenters. The Kier molecular flexibility index (Phi) is 10.9. The molecule has 0 aliphatic carbocycles. The third-order valence-electron chi connectivity index (χ3n) is 4.64. The van der Waals surface area contributed by atoms with Crippen LogP contribution in [0.25, 0.3) is 0 Å². The Hall–Kier alpha value is -0.500. The van der Waals surface area contributed by atoms with Gasteiger partial charge in [-0.05, 0) is 43.7 Å². The van der Waals surface area contributed by atoms with Crippen molar-refractivity contribution in [3.63, 3.8) is 0 Å². The number of hydrogen-bond donors (Lipinski definition) is 1. The van der Waals surface area contributed by atoms with Gasteiger partial charge in [0.05, 0.1) is 0 Å². The molecule has 0 spiro atoms. The van der Waals surface area contributed by atoms with E-state index in [1.807, 2.05) is 20.9 Å². The molecule has 0 aromatic rings. The van der Waals surface area contributed by atoms with Gasteiger partial charge in [0, 0.05) is 19.3 Å². The molecule has 1 fully saturated rings. The molecule has 1 aliphatic rings. The quantitative estimate of drug-likeness (QED) is 0.629. The van der Waals surface area contributed by atoms with Gasteiger partial charge in [-0.2, -0.15) is 0 Å². The zero-order valence-electron chi connectivity index (χ0n) is 15.6. The summed E-state index contributed by atoms with van der Waals surface area (Å²) < 4.78 is 0. The summed E-state index contributed by atoms with van der Waals surface area (Å²) in [6.45, 7) is 18.7. The average Bonchev–Trinajstić information content (AvgIpc) is 2.48. The number of unbranched alkanes of at least 4 members (excludes halogenated alkanes) is 1. The molecule has 1 heterocycles. The zero-order valence-corrected chi connectivity index (χ0v) is 15.6. The third-order valence-corrected chi connectivity index (χ3v) is 4.64. The monoisotopic (exact) mass is 296 g/mol. The topological polar surface area (TPSA) is 15.3 Å². The molecule has 1 aliphatic heterocycles. The lowest BCUT2D eigenvalue weighted by Crippen LogP contribution is -2.40. The Bertz CT molecular complexity index is 263. The number of nitrogens with one attached hydrogen (secondary N) is 1. The van der Waals surface area contributed by atoms with Gasteiger partial charge in [-0.1, -0.05) is 60.5 Å². The molecule has 2 heteroatoms. The maximum atomic E-state index is 4.03. The van der Waals surface area contributed by atoms with E-state index in [1.54, 1.807) is 0 Å². The van der Waals surface area contributed by atoms with Gasteiger partial charge in [-0.25, -0.2) is 0 Å². The molecule has 1 N–H and O–H groups in total. The largest absolute Gasteiger partial charge is 0.391 e. The molecule has 0 amide bonds. The van der Waals surface area contributed by atoms with E-state index < -0.39 is 0 Å². The minimum Gasteiger partial charge on any atom is -0.391 e. The van der Waals surface area contributed by atoms with Gasteiger partial charge in [-0.15, -0.1) is 0 Å². The van der Waals surface area contributed by atoms with Gasteiger partial charge in [0.15, 0.2) is 0 Å². The average molecular weight is 297 g/mol. The SMILES string of the molecule is C=C(CN1CCC(C)(CCCCC(C)C)CC1)NC.CC. The van der Waals surface area contributed by atoms with Gasteiger partial charge in [-0.3, -0.25) is 4.90 Å². The molecular weight excluding hydrogens is 256 g/mol. The summed E-state index contributed by atoms with van der Waals surface area (Å²) in [5.41, 5.74) is 1.73. The predicted molar refractivity (Wildman–Crippen MR) is 96.6 cm³/mol. The first kappa shape index (κ1) is 20.5. The molecule has 0 aromatic heterocycles. The highest BCUT2D eigenvalue weighted by Gasteiger charge is 2.29. The minimum absolute atomic E-state index is 0.592. The molecule has 21 heavy (non-hydrogen) atoms. The zero-order chi connectivity index (χ0) is 16.3. The first-order valence-electron chi connectivity index (χ1n) is 9.03. The van der Waals surface area contributed by atoms with Gasteiger partial charge in [0.2, 0.25) is 0 Å². The van der Waals surface area contributed by atoms with E-state index in [0.717, 1.165) is 18.2 Å². The van der Waals surface area contributed by atoms with Crippen LogP contribution in [0.2, 0.25) is 0 Å². The van der Waals surface area contributed by atoms with Crippen LogP contribution in [0.5, 0.6) is 0 Å². The Morgan fingerprint density at radius 2 is 1.76 bits per heavy atom. The number of rotatable bonds is 8. The van der Waals surface area contributed by atoms with Crippen LogP contribution in [0.15, 0.2) is 12.3 Å². The molecule has 126 valence electrons.